The molecule has 2 N–H and O–H groups in total. The summed E-state index contributed by atoms with van der Waals surface area (Å²) < 4.78 is 15.8. The summed E-state index contributed by atoms with van der Waals surface area (Å²) in [4.78, 5) is 23.3. The van der Waals surface area contributed by atoms with E-state index in [1.807, 2.05) is 24.3 Å². The lowest BCUT2D eigenvalue weighted by Crippen LogP contribution is -2.24. The zero-order valence-electron chi connectivity index (χ0n) is 14.9. The van der Waals surface area contributed by atoms with Crippen molar-refractivity contribution in [3.63, 3.8) is 0 Å². The summed E-state index contributed by atoms with van der Waals surface area (Å²) in [5.41, 5.74) is 1.76. The van der Waals surface area contributed by atoms with Crippen molar-refractivity contribution in [2.75, 3.05) is 20.3 Å². The van der Waals surface area contributed by atoms with Gasteiger partial charge in [0.1, 0.15) is 17.9 Å². The molecule has 26 heavy (non-hydrogen) atoms. The summed E-state index contributed by atoms with van der Waals surface area (Å²) in [5, 5.41) is 11.7. The maximum absolute atomic E-state index is 12.4. The van der Waals surface area contributed by atoms with Crippen LogP contribution in [0.25, 0.3) is 0 Å². The summed E-state index contributed by atoms with van der Waals surface area (Å²) in [5.74, 6) is -0.535. The molecular formula is C19H23NO6. The van der Waals surface area contributed by atoms with Gasteiger partial charge in [-0.15, -0.1) is 0 Å². The fourth-order valence-corrected chi connectivity index (χ4v) is 2.48. The van der Waals surface area contributed by atoms with Gasteiger partial charge in [0.15, 0.2) is 0 Å². The number of aryl methyl sites for hydroxylation is 1. The zero-order chi connectivity index (χ0) is 18.9. The van der Waals surface area contributed by atoms with E-state index in [4.69, 9.17) is 19.0 Å². The molecule has 0 aliphatic carbocycles. The van der Waals surface area contributed by atoms with E-state index in [1.54, 1.807) is 14.0 Å². The maximum Gasteiger partial charge on any atom is 0.311 e. The largest absolute Gasteiger partial charge is 0.493 e. The number of methoxy groups -OCH3 is 1. The lowest BCUT2D eigenvalue weighted by Gasteiger charge is -2.09. The molecule has 0 saturated heterocycles. The van der Waals surface area contributed by atoms with E-state index in [1.165, 1.54) is 6.26 Å². The molecule has 1 aromatic heterocycles. The Bertz CT molecular complexity index is 752. The molecule has 0 unspecified atom stereocenters. The number of benzene rings is 1. The Morgan fingerprint density at radius 2 is 2.08 bits per heavy atom. The molecule has 1 aromatic carbocycles. The first-order valence-corrected chi connectivity index (χ1v) is 8.29. The first-order valence-electron chi connectivity index (χ1n) is 8.29. The highest BCUT2D eigenvalue weighted by molar-refractivity contribution is 5.97. The smallest absolute Gasteiger partial charge is 0.311 e. The van der Waals surface area contributed by atoms with Crippen molar-refractivity contribution in [2.45, 2.75) is 26.3 Å². The molecule has 2 rings (SSSR count). The van der Waals surface area contributed by atoms with E-state index in [2.05, 4.69) is 5.32 Å². The summed E-state index contributed by atoms with van der Waals surface area (Å²) in [7, 11) is 1.65. The normalized spacial score (nSPS) is 10.5. The van der Waals surface area contributed by atoms with E-state index < -0.39 is 5.97 Å². The first-order chi connectivity index (χ1) is 12.5. The van der Waals surface area contributed by atoms with Gasteiger partial charge in [0.05, 0.1) is 18.4 Å². The van der Waals surface area contributed by atoms with E-state index >= 15 is 0 Å². The highest BCUT2D eigenvalue weighted by atomic mass is 16.5. The standard InChI is InChI=1S/C19H23NO6/c1-13-12-26-16(10-17(21)22)18(13)19(23)20-11-14-5-3-6-15(9-14)25-8-4-7-24-2/h3,5-6,9,12H,4,7-8,10-11H2,1-2H3,(H,20,23)(H,21,22). The fraction of sp³-hybridized carbons (Fsp3) is 0.368. The molecule has 1 heterocycles. The summed E-state index contributed by atoms with van der Waals surface area (Å²) in [6, 6.07) is 7.44. The van der Waals surface area contributed by atoms with Crippen LogP contribution in [0.15, 0.2) is 34.9 Å². The van der Waals surface area contributed by atoms with Crippen LogP contribution in [-0.2, 0) is 22.5 Å². The molecule has 7 heteroatoms. The van der Waals surface area contributed by atoms with Crippen LogP contribution in [0, 0.1) is 6.92 Å². The van der Waals surface area contributed by atoms with Gasteiger partial charge in [0, 0.05) is 32.2 Å². The predicted molar refractivity (Wildman–Crippen MR) is 94.4 cm³/mol. The zero-order valence-corrected chi connectivity index (χ0v) is 14.9. The third kappa shape index (κ3) is 5.63. The first kappa shape index (κ1) is 19.5. The summed E-state index contributed by atoms with van der Waals surface area (Å²) in [6.07, 6.45) is 1.85. The average molecular weight is 361 g/mol. The van der Waals surface area contributed by atoms with Crippen LogP contribution in [0.1, 0.15) is 33.7 Å². The van der Waals surface area contributed by atoms with Gasteiger partial charge >= 0.3 is 5.97 Å². The van der Waals surface area contributed by atoms with Crippen LogP contribution in [-0.4, -0.2) is 37.3 Å². The van der Waals surface area contributed by atoms with Crippen LogP contribution in [0.4, 0.5) is 0 Å². The molecule has 0 radical (unpaired) electrons. The minimum Gasteiger partial charge on any atom is -0.493 e. The number of hydrogen-bond acceptors (Lipinski definition) is 5. The van der Waals surface area contributed by atoms with Gasteiger partial charge in [0.2, 0.25) is 0 Å². The third-order valence-corrected chi connectivity index (χ3v) is 3.70. The molecule has 1 amide bonds. The molecule has 140 valence electrons. The number of carboxylic acid groups (broad SMARTS) is 1. The number of ether oxygens (including phenoxy) is 2. The Kier molecular flexibility index (Phi) is 7.23. The quantitative estimate of drug-likeness (QED) is 0.631. The van der Waals surface area contributed by atoms with E-state index in [9.17, 15) is 9.59 Å². The molecule has 0 atom stereocenters. The van der Waals surface area contributed by atoms with Gasteiger partial charge in [0.25, 0.3) is 5.91 Å². The predicted octanol–water partition coefficient (Wildman–Crippen LogP) is 2.56. The molecule has 0 bridgehead atoms. The fourth-order valence-electron chi connectivity index (χ4n) is 2.48. The Morgan fingerprint density at radius 3 is 2.81 bits per heavy atom. The van der Waals surface area contributed by atoms with Crippen LogP contribution in [0.2, 0.25) is 0 Å². The molecule has 0 aliphatic heterocycles. The number of carboxylic acids is 1. The third-order valence-electron chi connectivity index (χ3n) is 3.70. The minimum absolute atomic E-state index is 0.155. The summed E-state index contributed by atoms with van der Waals surface area (Å²) in [6.45, 7) is 3.19. The van der Waals surface area contributed by atoms with Crippen LogP contribution < -0.4 is 10.1 Å². The minimum atomic E-state index is -1.05. The van der Waals surface area contributed by atoms with Gasteiger partial charge in [-0.2, -0.15) is 0 Å². The van der Waals surface area contributed by atoms with E-state index in [0.717, 1.165) is 17.7 Å². The highest BCUT2D eigenvalue weighted by Gasteiger charge is 2.20. The monoisotopic (exact) mass is 361 g/mol. The second-order valence-corrected chi connectivity index (χ2v) is 5.81. The van der Waals surface area contributed by atoms with Crippen LogP contribution in [0.5, 0.6) is 5.75 Å². The topological polar surface area (TPSA) is 98.0 Å². The van der Waals surface area contributed by atoms with E-state index in [0.29, 0.717) is 25.3 Å². The molecule has 0 spiro atoms. The molecule has 2 aromatic rings. The number of aliphatic carboxylic acids is 1. The van der Waals surface area contributed by atoms with Gasteiger partial charge in [-0.25, -0.2) is 0 Å². The Morgan fingerprint density at radius 1 is 1.27 bits per heavy atom. The van der Waals surface area contributed by atoms with E-state index in [-0.39, 0.29) is 23.7 Å². The average Bonchev–Trinajstić information content (AvgIpc) is 2.97. The van der Waals surface area contributed by atoms with Crippen LogP contribution in [0.3, 0.4) is 0 Å². The number of nitrogens with one attached hydrogen (secondary N) is 1. The number of hydrogen-bond donors (Lipinski definition) is 2. The Hall–Kier alpha value is -2.80. The highest BCUT2D eigenvalue weighted by Crippen LogP contribution is 2.18. The lowest BCUT2D eigenvalue weighted by molar-refractivity contribution is -0.136. The van der Waals surface area contributed by atoms with Gasteiger partial charge in [-0.1, -0.05) is 12.1 Å². The van der Waals surface area contributed by atoms with Crippen molar-refractivity contribution >= 4 is 11.9 Å². The van der Waals surface area contributed by atoms with Crippen molar-refractivity contribution < 1.29 is 28.6 Å². The van der Waals surface area contributed by atoms with Crippen LogP contribution >= 0.6 is 0 Å². The van der Waals surface area contributed by atoms with Gasteiger partial charge < -0.3 is 24.3 Å². The number of amides is 1. The molecular weight excluding hydrogens is 338 g/mol. The molecule has 0 aliphatic rings. The van der Waals surface area contributed by atoms with Gasteiger partial charge in [-0.3, -0.25) is 9.59 Å². The SMILES string of the molecule is COCCCOc1cccc(CNC(=O)c2c(C)coc2CC(=O)O)c1. The van der Waals surface area contributed by atoms with Gasteiger partial charge in [-0.05, 0) is 24.6 Å². The van der Waals surface area contributed by atoms with Crippen molar-refractivity contribution in [1.29, 1.82) is 0 Å². The summed E-state index contributed by atoms with van der Waals surface area (Å²) >= 11 is 0. The van der Waals surface area contributed by atoms with Crippen molar-refractivity contribution in [3.8, 4) is 5.75 Å². The van der Waals surface area contributed by atoms with Crippen molar-refractivity contribution in [2.24, 2.45) is 0 Å². The molecule has 7 nitrogen and oxygen atoms in total. The number of furan rings is 1. The number of carbonyl (C=O) groups is 2. The molecule has 0 fully saturated rings. The second-order valence-electron chi connectivity index (χ2n) is 5.81. The Labute approximate surface area is 151 Å². The van der Waals surface area contributed by atoms with Crippen molar-refractivity contribution in [3.05, 3.63) is 53.0 Å². The second kappa shape index (κ2) is 9.62. The molecule has 0 saturated carbocycles. The lowest BCUT2D eigenvalue weighted by atomic mass is 10.1. The van der Waals surface area contributed by atoms with Crippen molar-refractivity contribution in [1.82, 2.24) is 5.32 Å². The number of carbonyl (C=O) groups excluding carboxylic acids is 1. The maximum atomic E-state index is 12.4. The number of rotatable bonds is 10. The Balaban J connectivity index is 1.95.